The van der Waals surface area contributed by atoms with Crippen molar-refractivity contribution in [2.24, 2.45) is 0 Å². The zero-order chi connectivity index (χ0) is 20.0. The second-order valence-corrected chi connectivity index (χ2v) is 7.39. The molecule has 1 amide bonds. The predicted octanol–water partition coefficient (Wildman–Crippen LogP) is 2.54. The van der Waals surface area contributed by atoms with E-state index in [0.717, 1.165) is 30.5 Å². The van der Waals surface area contributed by atoms with Crippen LogP contribution in [0.15, 0.2) is 59.9 Å². The van der Waals surface area contributed by atoms with Crippen LogP contribution in [0.2, 0.25) is 0 Å². The Bertz CT molecular complexity index is 1140. The van der Waals surface area contributed by atoms with Crippen molar-refractivity contribution in [2.45, 2.75) is 31.3 Å². The highest BCUT2D eigenvalue weighted by Crippen LogP contribution is 2.44. The molecule has 146 valence electrons. The third kappa shape index (κ3) is 2.81. The molecule has 7 heteroatoms. The summed E-state index contributed by atoms with van der Waals surface area (Å²) in [5, 5.41) is 0. The molecule has 2 unspecified atom stereocenters. The van der Waals surface area contributed by atoms with Crippen molar-refractivity contribution in [2.75, 3.05) is 7.11 Å². The number of carbonyl (C=O) groups excluding carboxylic acids is 1. The van der Waals surface area contributed by atoms with Crippen LogP contribution in [0.4, 0.5) is 0 Å². The minimum Gasteiger partial charge on any atom is -0.496 e. The number of fused-ring (bicyclic) bond motifs is 4. The molecular weight excluding hydrogens is 368 g/mol. The van der Waals surface area contributed by atoms with Gasteiger partial charge in [-0.05, 0) is 25.0 Å². The maximum atomic E-state index is 13.6. The predicted molar refractivity (Wildman–Crippen MR) is 106 cm³/mol. The van der Waals surface area contributed by atoms with Gasteiger partial charge in [-0.15, -0.1) is 0 Å². The minimum absolute atomic E-state index is 0.0424. The summed E-state index contributed by atoms with van der Waals surface area (Å²) in [4.78, 5) is 36.7. The number of nitrogens with zero attached hydrogens (tertiary/aromatic N) is 4. The Morgan fingerprint density at radius 1 is 1.21 bits per heavy atom. The normalized spacial score (nSPS) is 19.7. The molecule has 29 heavy (non-hydrogen) atoms. The van der Waals surface area contributed by atoms with Gasteiger partial charge in [-0.3, -0.25) is 14.2 Å². The van der Waals surface area contributed by atoms with Gasteiger partial charge >= 0.3 is 0 Å². The average Bonchev–Trinajstić information content (AvgIpc) is 3.08. The van der Waals surface area contributed by atoms with E-state index < -0.39 is 0 Å². The Morgan fingerprint density at radius 3 is 2.83 bits per heavy atom. The molecule has 2 atom stereocenters. The molecule has 5 rings (SSSR count). The van der Waals surface area contributed by atoms with Crippen LogP contribution in [-0.4, -0.2) is 38.5 Å². The van der Waals surface area contributed by atoms with Crippen LogP contribution in [0.5, 0.6) is 5.75 Å². The lowest BCUT2D eigenvalue weighted by Crippen LogP contribution is -2.42. The average molecular weight is 388 g/mol. The Kier molecular flexibility index (Phi) is 4.16. The van der Waals surface area contributed by atoms with Gasteiger partial charge in [-0.2, -0.15) is 0 Å². The maximum absolute atomic E-state index is 13.6. The highest BCUT2D eigenvalue weighted by atomic mass is 16.5. The summed E-state index contributed by atoms with van der Waals surface area (Å²) < 4.78 is 6.89. The maximum Gasteiger partial charge on any atom is 0.259 e. The van der Waals surface area contributed by atoms with E-state index in [4.69, 9.17) is 4.74 Å². The van der Waals surface area contributed by atoms with E-state index in [-0.39, 0.29) is 23.6 Å². The van der Waals surface area contributed by atoms with Gasteiger partial charge in [0.1, 0.15) is 12.1 Å². The lowest BCUT2D eigenvalue weighted by molar-refractivity contribution is 0.0639. The summed E-state index contributed by atoms with van der Waals surface area (Å²) in [6.45, 7) is 0. The molecule has 2 aliphatic heterocycles. The molecule has 0 aliphatic carbocycles. The Hall–Kier alpha value is -3.48. The summed E-state index contributed by atoms with van der Waals surface area (Å²) in [7, 11) is 1.48. The molecule has 0 N–H and O–H groups in total. The number of hydrogen-bond donors (Lipinski definition) is 0. The van der Waals surface area contributed by atoms with E-state index in [1.165, 1.54) is 17.7 Å². The Balaban J connectivity index is 1.59. The highest BCUT2D eigenvalue weighted by molar-refractivity contribution is 5.97. The zero-order valence-electron chi connectivity index (χ0n) is 16.0. The number of aromatic nitrogens is 3. The molecule has 1 saturated heterocycles. The van der Waals surface area contributed by atoms with Gasteiger partial charge < -0.3 is 9.64 Å². The molecule has 0 saturated carbocycles. The Labute approximate surface area is 167 Å². The fourth-order valence-electron chi connectivity index (χ4n) is 4.51. The number of methoxy groups -OCH3 is 1. The number of ether oxygens (including phenoxy) is 1. The summed E-state index contributed by atoms with van der Waals surface area (Å²) in [6, 6.07) is 10.7. The smallest absolute Gasteiger partial charge is 0.259 e. The zero-order valence-corrected chi connectivity index (χ0v) is 16.0. The number of rotatable bonds is 3. The molecule has 2 aromatic heterocycles. The molecule has 7 nitrogen and oxygen atoms in total. The first-order valence-electron chi connectivity index (χ1n) is 9.65. The molecular formula is C22H20N4O3. The number of hydrogen-bond acceptors (Lipinski definition) is 5. The number of para-hydroxylation sites is 1. The van der Waals surface area contributed by atoms with Crippen molar-refractivity contribution in [1.82, 2.24) is 19.4 Å². The van der Waals surface area contributed by atoms with Crippen molar-refractivity contribution < 1.29 is 9.53 Å². The highest BCUT2D eigenvalue weighted by Gasteiger charge is 2.44. The van der Waals surface area contributed by atoms with Crippen molar-refractivity contribution in [3.8, 4) is 11.4 Å². The van der Waals surface area contributed by atoms with Crippen LogP contribution in [0, 0.1) is 0 Å². The molecule has 1 fully saturated rings. The Morgan fingerprint density at radius 2 is 2.03 bits per heavy atom. The van der Waals surface area contributed by atoms with Gasteiger partial charge in [0.2, 0.25) is 0 Å². The number of pyridine rings is 1. The molecule has 4 heterocycles. The third-order valence-electron chi connectivity index (χ3n) is 5.85. The molecule has 1 aromatic carbocycles. The van der Waals surface area contributed by atoms with E-state index in [1.54, 1.807) is 12.5 Å². The van der Waals surface area contributed by atoms with Crippen molar-refractivity contribution in [3.63, 3.8) is 0 Å². The van der Waals surface area contributed by atoms with E-state index in [0.29, 0.717) is 17.0 Å². The van der Waals surface area contributed by atoms with E-state index in [9.17, 15) is 9.59 Å². The van der Waals surface area contributed by atoms with Crippen LogP contribution < -0.4 is 10.3 Å². The first-order valence-corrected chi connectivity index (χ1v) is 9.65. The van der Waals surface area contributed by atoms with Gasteiger partial charge in [0.25, 0.3) is 11.5 Å². The number of benzene rings is 1. The van der Waals surface area contributed by atoms with Crippen LogP contribution in [0.1, 0.15) is 40.5 Å². The van der Waals surface area contributed by atoms with Gasteiger partial charge in [0, 0.05) is 42.2 Å². The summed E-state index contributed by atoms with van der Waals surface area (Å²) >= 11 is 0. The van der Waals surface area contributed by atoms with Gasteiger partial charge in [-0.25, -0.2) is 9.97 Å². The van der Waals surface area contributed by atoms with Crippen LogP contribution in [-0.2, 0) is 6.42 Å². The molecule has 2 bridgehead atoms. The number of carbonyl (C=O) groups is 1. The van der Waals surface area contributed by atoms with Crippen molar-refractivity contribution in [3.05, 3.63) is 82.3 Å². The SMILES string of the molecule is COc1cc(=O)n(-c2ccccc2)cc1C(=O)N1C2CCC1c1cncnc1C2. The van der Waals surface area contributed by atoms with E-state index in [2.05, 4.69) is 9.97 Å². The summed E-state index contributed by atoms with van der Waals surface area (Å²) in [5.74, 6) is 0.162. The quantitative estimate of drug-likeness (QED) is 0.689. The fourth-order valence-corrected chi connectivity index (χ4v) is 4.51. The molecule has 3 aromatic rings. The third-order valence-corrected chi connectivity index (χ3v) is 5.85. The lowest BCUT2D eigenvalue weighted by Gasteiger charge is -2.35. The monoisotopic (exact) mass is 388 g/mol. The number of amides is 1. The van der Waals surface area contributed by atoms with Crippen molar-refractivity contribution >= 4 is 5.91 Å². The lowest BCUT2D eigenvalue weighted by atomic mass is 9.98. The van der Waals surface area contributed by atoms with Gasteiger partial charge in [0.05, 0.1) is 24.4 Å². The van der Waals surface area contributed by atoms with E-state index in [1.807, 2.05) is 41.4 Å². The minimum atomic E-state index is -0.245. The second-order valence-electron chi connectivity index (χ2n) is 7.39. The molecule has 2 aliphatic rings. The van der Waals surface area contributed by atoms with Crippen LogP contribution in [0.25, 0.3) is 5.69 Å². The standard InChI is InChI=1S/C22H20N4O3/c1-29-20-10-21(27)25(14-5-3-2-4-6-14)12-17(20)22(28)26-15-7-8-19(26)16-11-23-13-24-18(16)9-15/h2-6,10-13,15,19H,7-9H2,1H3. The van der Waals surface area contributed by atoms with Gasteiger partial charge in [0.15, 0.2) is 0 Å². The summed E-state index contributed by atoms with van der Waals surface area (Å²) in [5.41, 5.74) is 2.88. The van der Waals surface area contributed by atoms with Crippen LogP contribution >= 0.6 is 0 Å². The fraction of sp³-hybridized carbons (Fsp3) is 0.273. The largest absolute Gasteiger partial charge is 0.496 e. The van der Waals surface area contributed by atoms with Gasteiger partial charge in [-0.1, -0.05) is 18.2 Å². The first kappa shape index (κ1) is 17.6. The second kappa shape index (κ2) is 6.84. The topological polar surface area (TPSA) is 77.3 Å². The van der Waals surface area contributed by atoms with Crippen LogP contribution in [0.3, 0.4) is 0 Å². The molecule has 0 spiro atoms. The van der Waals surface area contributed by atoms with Crippen molar-refractivity contribution in [1.29, 1.82) is 0 Å². The summed E-state index contributed by atoms with van der Waals surface area (Å²) in [6.07, 6.45) is 7.51. The first-order chi connectivity index (χ1) is 14.2. The van der Waals surface area contributed by atoms with E-state index >= 15 is 0 Å². The molecule has 0 radical (unpaired) electrons.